The van der Waals surface area contributed by atoms with Crippen LogP contribution >= 0.6 is 0 Å². The van der Waals surface area contributed by atoms with Crippen molar-refractivity contribution >= 4 is 0 Å². The third kappa shape index (κ3) is 2.95. The molecule has 3 heteroatoms. The second kappa shape index (κ2) is 5.63. The van der Waals surface area contributed by atoms with E-state index in [1.54, 1.807) is 4.68 Å². The molecule has 0 aliphatic rings. The highest BCUT2D eigenvalue weighted by Crippen LogP contribution is 2.12. The van der Waals surface area contributed by atoms with Crippen molar-refractivity contribution in [3.63, 3.8) is 0 Å². The first-order valence-corrected chi connectivity index (χ1v) is 4.37. The number of nitrogens with zero attached hydrogens (tertiary/aromatic N) is 2. The molecule has 0 atom stereocenters. The van der Waals surface area contributed by atoms with Gasteiger partial charge in [0.25, 0.3) is 0 Å². The Hall–Kier alpha value is -0.990. The molecule has 1 aromatic rings. The van der Waals surface area contributed by atoms with Gasteiger partial charge in [0.1, 0.15) is 0 Å². The van der Waals surface area contributed by atoms with Crippen molar-refractivity contribution in [1.29, 1.82) is 0 Å². The van der Waals surface area contributed by atoms with Gasteiger partial charge in [0.05, 0.1) is 6.61 Å². The van der Waals surface area contributed by atoms with Crippen molar-refractivity contribution in [2.75, 3.05) is 6.61 Å². The highest BCUT2D eigenvalue weighted by atomic mass is 16.5. The molecule has 70 valence electrons. The Morgan fingerprint density at radius 1 is 1.50 bits per heavy atom. The molecule has 0 aliphatic heterocycles. The summed E-state index contributed by atoms with van der Waals surface area (Å²) in [6.07, 6.45) is 1.94. The lowest BCUT2D eigenvalue weighted by Crippen LogP contribution is -1.94. The van der Waals surface area contributed by atoms with Crippen molar-refractivity contribution in [3.8, 4) is 5.88 Å². The summed E-state index contributed by atoms with van der Waals surface area (Å²) in [5.41, 5.74) is 1.09. The van der Waals surface area contributed by atoms with Gasteiger partial charge in [0, 0.05) is 18.8 Å². The Labute approximate surface area is 74.3 Å². The molecular weight excluding hydrogens is 152 g/mol. The highest BCUT2D eigenvalue weighted by molar-refractivity contribution is 5.20. The van der Waals surface area contributed by atoms with Crippen molar-refractivity contribution in [1.82, 2.24) is 9.78 Å². The molecule has 0 spiro atoms. The maximum atomic E-state index is 5.23. The molecule has 1 aromatic heterocycles. The second-order valence-electron chi connectivity index (χ2n) is 2.22. The zero-order chi connectivity index (χ0) is 9.56. The van der Waals surface area contributed by atoms with Crippen LogP contribution in [0.3, 0.4) is 0 Å². The first kappa shape index (κ1) is 11.0. The largest absolute Gasteiger partial charge is 0.477 e. The summed E-state index contributed by atoms with van der Waals surface area (Å²) >= 11 is 0. The summed E-state index contributed by atoms with van der Waals surface area (Å²) < 4.78 is 6.98. The predicted octanol–water partition coefficient (Wildman–Crippen LogP) is 2.15. The Bertz CT molecular complexity index is 218. The van der Waals surface area contributed by atoms with E-state index in [9.17, 15) is 0 Å². The number of aryl methyl sites for hydroxylation is 2. The molecule has 0 fully saturated rings. The fraction of sp³-hybridized carbons (Fsp3) is 0.667. The van der Waals surface area contributed by atoms with Gasteiger partial charge in [-0.2, -0.15) is 0 Å². The van der Waals surface area contributed by atoms with Gasteiger partial charge in [-0.25, -0.2) is 0 Å². The third-order valence-electron chi connectivity index (χ3n) is 1.25. The standard InChI is InChI=1S/C7H12N2O.C2H6/c1-4-10-7-6(2)5-9(3)8-7;1-2/h5H,4H2,1-3H3;1-2H3. The highest BCUT2D eigenvalue weighted by Gasteiger charge is 2.01. The zero-order valence-corrected chi connectivity index (χ0v) is 8.59. The van der Waals surface area contributed by atoms with E-state index in [0.717, 1.165) is 11.4 Å². The molecule has 0 radical (unpaired) electrons. The zero-order valence-electron chi connectivity index (χ0n) is 8.59. The number of rotatable bonds is 2. The van der Waals surface area contributed by atoms with Crippen LogP contribution in [-0.2, 0) is 7.05 Å². The summed E-state index contributed by atoms with van der Waals surface area (Å²) in [6.45, 7) is 8.62. The summed E-state index contributed by atoms with van der Waals surface area (Å²) in [6, 6.07) is 0. The molecule has 0 amide bonds. The van der Waals surface area contributed by atoms with Gasteiger partial charge in [-0.3, -0.25) is 4.68 Å². The van der Waals surface area contributed by atoms with E-state index in [1.165, 1.54) is 0 Å². The van der Waals surface area contributed by atoms with E-state index in [1.807, 2.05) is 40.9 Å². The molecule has 0 unspecified atom stereocenters. The van der Waals surface area contributed by atoms with E-state index in [4.69, 9.17) is 4.74 Å². The number of hydrogen-bond acceptors (Lipinski definition) is 2. The lowest BCUT2D eigenvalue weighted by molar-refractivity contribution is 0.321. The minimum atomic E-state index is 0.678. The van der Waals surface area contributed by atoms with Gasteiger partial charge in [-0.15, -0.1) is 5.10 Å². The van der Waals surface area contributed by atoms with Gasteiger partial charge < -0.3 is 4.74 Å². The first-order valence-electron chi connectivity index (χ1n) is 4.37. The molecule has 12 heavy (non-hydrogen) atoms. The topological polar surface area (TPSA) is 27.1 Å². The quantitative estimate of drug-likeness (QED) is 0.680. The van der Waals surface area contributed by atoms with Crippen molar-refractivity contribution in [2.45, 2.75) is 27.7 Å². The minimum absolute atomic E-state index is 0.678. The van der Waals surface area contributed by atoms with Gasteiger partial charge in [0.2, 0.25) is 5.88 Å². The lowest BCUT2D eigenvalue weighted by atomic mass is 10.4. The Balaban J connectivity index is 0.000000561. The SMILES string of the molecule is CC.CCOc1nn(C)cc1C. The lowest BCUT2D eigenvalue weighted by Gasteiger charge is -1.96. The molecule has 0 aliphatic carbocycles. The van der Waals surface area contributed by atoms with E-state index in [-0.39, 0.29) is 0 Å². The summed E-state index contributed by atoms with van der Waals surface area (Å²) in [5, 5.41) is 4.09. The van der Waals surface area contributed by atoms with E-state index < -0.39 is 0 Å². The third-order valence-corrected chi connectivity index (χ3v) is 1.25. The van der Waals surface area contributed by atoms with E-state index in [2.05, 4.69) is 5.10 Å². The molecule has 1 rings (SSSR count). The molecule has 0 bridgehead atoms. The van der Waals surface area contributed by atoms with Crippen LogP contribution in [0.1, 0.15) is 26.3 Å². The van der Waals surface area contributed by atoms with Gasteiger partial charge >= 0.3 is 0 Å². The van der Waals surface area contributed by atoms with Crippen LogP contribution in [0.15, 0.2) is 6.20 Å². The predicted molar refractivity (Wildman–Crippen MR) is 50.5 cm³/mol. The number of ether oxygens (including phenoxy) is 1. The van der Waals surface area contributed by atoms with E-state index >= 15 is 0 Å². The summed E-state index contributed by atoms with van der Waals surface area (Å²) in [5.74, 6) is 0.741. The Kier molecular flexibility index (Phi) is 5.17. The van der Waals surface area contributed by atoms with Crippen molar-refractivity contribution in [2.24, 2.45) is 7.05 Å². The van der Waals surface area contributed by atoms with Crippen LogP contribution in [0.4, 0.5) is 0 Å². The molecule has 0 saturated carbocycles. The monoisotopic (exact) mass is 170 g/mol. The number of aromatic nitrogens is 2. The van der Waals surface area contributed by atoms with Crippen LogP contribution in [0.25, 0.3) is 0 Å². The summed E-state index contributed by atoms with van der Waals surface area (Å²) in [7, 11) is 1.88. The van der Waals surface area contributed by atoms with Crippen LogP contribution in [-0.4, -0.2) is 16.4 Å². The Morgan fingerprint density at radius 2 is 2.08 bits per heavy atom. The van der Waals surface area contributed by atoms with E-state index in [0.29, 0.717) is 6.61 Å². The maximum Gasteiger partial charge on any atom is 0.235 e. The van der Waals surface area contributed by atoms with Crippen LogP contribution in [0.5, 0.6) is 5.88 Å². The van der Waals surface area contributed by atoms with Gasteiger partial charge in [-0.05, 0) is 13.8 Å². The fourth-order valence-electron chi connectivity index (χ4n) is 0.866. The smallest absolute Gasteiger partial charge is 0.235 e. The summed E-state index contributed by atoms with van der Waals surface area (Å²) in [4.78, 5) is 0. The molecule has 1 heterocycles. The van der Waals surface area contributed by atoms with Crippen LogP contribution in [0, 0.1) is 6.92 Å². The molecule has 0 N–H and O–H groups in total. The Morgan fingerprint density at radius 3 is 2.42 bits per heavy atom. The number of hydrogen-bond donors (Lipinski definition) is 0. The van der Waals surface area contributed by atoms with Crippen molar-refractivity contribution < 1.29 is 4.74 Å². The van der Waals surface area contributed by atoms with Crippen LogP contribution < -0.4 is 4.74 Å². The fourth-order valence-corrected chi connectivity index (χ4v) is 0.866. The van der Waals surface area contributed by atoms with Gasteiger partial charge in [-0.1, -0.05) is 13.8 Å². The maximum absolute atomic E-state index is 5.23. The average Bonchev–Trinajstić information content (AvgIpc) is 2.35. The second-order valence-corrected chi connectivity index (χ2v) is 2.22. The molecular formula is C9H18N2O. The first-order chi connectivity index (χ1) is 5.74. The molecule has 0 aromatic carbocycles. The molecule has 0 saturated heterocycles. The van der Waals surface area contributed by atoms with Crippen molar-refractivity contribution in [3.05, 3.63) is 11.8 Å². The average molecular weight is 170 g/mol. The van der Waals surface area contributed by atoms with Crippen LogP contribution in [0.2, 0.25) is 0 Å². The molecule has 3 nitrogen and oxygen atoms in total. The normalized spacial score (nSPS) is 8.75. The van der Waals surface area contributed by atoms with Gasteiger partial charge in [0.15, 0.2) is 0 Å². The minimum Gasteiger partial charge on any atom is -0.477 e.